The topological polar surface area (TPSA) is 105 Å². The number of sulfone groups is 1. The zero-order valence-corrected chi connectivity index (χ0v) is 11.5. The Kier molecular flexibility index (Phi) is 3.98. The molecule has 0 fully saturated rings. The van der Waals surface area contributed by atoms with Gasteiger partial charge in [-0.05, 0) is 19.1 Å². The lowest BCUT2D eigenvalue weighted by molar-refractivity contribution is -0.113. The second kappa shape index (κ2) is 5.56. The van der Waals surface area contributed by atoms with Crippen LogP contribution in [-0.4, -0.2) is 35.3 Å². The number of H-pyrrole nitrogens is 1. The molecule has 0 atom stereocenters. The fourth-order valence-corrected chi connectivity index (χ4v) is 2.48. The molecule has 1 amide bonds. The van der Waals surface area contributed by atoms with Crippen LogP contribution in [0.1, 0.15) is 5.82 Å². The molecule has 1 aromatic carbocycles. The Hall–Kier alpha value is -2.36. The van der Waals surface area contributed by atoms with E-state index in [1.807, 2.05) is 5.32 Å². The molecular weight excluding hydrogens is 306 g/mol. The van der Waals surface area contributed by atoms with Crippen molar-refractivity contribution in [3.8, 4) is 0 Å². The molecule has 0 aliphatic rings. The molecule has 0 saturated heterocycles. The van der Waals surface area contributed by atoms with Crippen molar-refractivity contribution in [3.63, 3.8) is 0 Å². The van der Waals surface area contributed by atoms with Crippen LogP contribution in [0.3, 0.4) is 0 Å². The van der Waals surface area contributed by atoms with E-state index in [0.717, 1.165) is 12.1 Å². The second-order valence-electron chi connectivity index (χ2n) is 4.13. The van der Waals surface area contributed by atoms with E-state index in [-0.39, 0.29) is 11.5 Å². The van der Waals surface area contributed by atoms with Crippen LogP contribution in [0, 0.1) is 18.6 Å². The van der Waals surface area contributed by atoms with Gasteiger partial charge in [0.15, 0.2) is 0 Å². The summed E-state index contributed by atoms with van der Waals surface area (Å²) in [5, 5.41) is 7.31. The average molecular weight is 316 g/mol. The number of nitrogens with one attached hydrogen (secondary N) is 2. The second-order valence-corrected chi connectivity index (χ2v) is 6.02. The van der Waals surface area contributed by atoms with Gasteiger partial charge in [0.2, 0.25) is 15.7 Å². The van der Waals surface area contributed by atoms with Crippen molar-refractivity contribution in [2.75, 3.05) is 11.1 Å². The van der Waals surface area contributed by atoms with Gasteiger partial charge in [0, 0.05) is 6.07 Å². The predicted octanol–water partition coefficient (Wildman–Crippen LogP) is 0.804. The van der Waals surface area contributed by atoms with Crippen LogP contribution in [0.4, 0.5) is 14.5 Å². The maximum atomic E-state index is 13.3. The van der Waals surface area contributed by atoms with Crippen LogP contribution in [0.25, 0.3) is 0 Å². The zero-order valence-electron chi connectivity index (χ0n) is 10.7. The van der Waals surface area contributed by atoms with E-state index in [4.69, 9.17) is 0 Å². The largest absolute Gasteiger partial charge is 0.323 e. The number of anilines is 1. The van der Waals surface area contributed by atoms with Crippen molar-refractivity contribution >= 4 is 21.4 Å². The summed E-state index contributed by atoms with van der Waals surface area (Å²) in [6.45, 7) is 1.50. The highest BCUT2D eigenvalue weighted by Crippen LogP contribution is 2.15. The molecule has 21 heavy (non-hydrogen) atoms. The number of benzene rings is 1. The SMILES string of the molecule is Cc1nc(S(=O)(=O)CC(=O)Nc2ccc(F)cc2F)n[nH]1. The molecule has 0 unspecified atom stereocenters. The summed E-state index contributed by atoms with van der Waals surface area (Å²) >= 11 is 0. The highest BCUT2D eigenvalue weighted by molar-refractivity contribution is 7.92. The lowest BCUT2D eigenvalue weighted by Crippen LogP contribution is -2.24. The number of rotatable bonds is 4. The molecule has 0 aliphatic carbocycles. The summed E-state index contributed by atoms with van der Waals surface area (Å²) in [5.74, 6) is -3.48. The van der Waals surface area contributed by atoms with Crippen molar-refractivity contribution < 1.29 is 22.0 Å². The molecule has 10 heteroatoms. The van der Waals surface area contributed by atoms with Gasteiger partial charge in [0.25, 0.3) is 5.16 Å². The molecule has 0 aliphatic heterocycles. The molecule has 0 saturated carbocycles. The van der Waals surface area contributed by atoms with Crippen LogP contribution in [0.15, 0.2) is 23.4 Å². The number of halogens is 2. The Balaban J connectivity index is 2.11. The van der Waals surface area contributed by atoms with E-state index < -0.39 is 38.3 Å². The van der Waals surface area contributed by atoms with Gasteiger partial charge in [-0.25, -0.2) is 22.2 Å². The lowest BCUT2D eigenvalue weighted by atomic mass is 10.3. The molecule has 112 valence electrons. The number of carbonyl (C=O) groups is 1. The van der Waals surface area contributed by atoms with Crippen molar-refractivity contribution in [2.45, 2.75) is 12.1 Å². The highest BCUT2D eigenvalue weighted by atomic mass is 32.2. The summed E-state index contributed by atoms with van der Waals surface area (Å²) in [7, 11) is -4.04. The zero-order chi connectivity index (χ0) is 15.6. The van der Waals surface area contributed by atoms with Crippen LogP contribution in [0.2, 0.25) is 0 Å². The van der Waals surface area contributed by atoms with Crippen LogP contribution in [0.5, 0.6) is 0 Å². The maximum Gasteiger partial charge on any atom is 0.267 e. The number of aromatic amines is 1. The van der Waals surface area contributed by atoms with E-state index in [0.29, 0.717) is 6.07 Å². The number of nitrogens with zero attached hydrogens (tertiary/aromatic N) is 2. The van der Waals surface area contributed by atoms with Gasteiger partial charge in [0.1, 0.15) is 23.2 Å². The molecule has 2 aromatic rings. The minimum Gasteiger partial charge on any atom is -0.323 e. The number of hydrogen-bond donors (Lipinski definition) is 2. The fraction of sp³-hybridized carbons (Fsp3) is 0.182. The Bertz CT molecular complexity index is 789. The molecule has 2 rings (SSSR count). The number of carbonyl (C=O) groups excluding carboxylic acids is 1. The van der Waals surface area contributed by atoms with E-state index >= 15 is 0 Å². The lowest BCUT2D eigenvalue weighted by Gasteiger charge is -2.05. The van der Waals surface area contributed by atoms with E-state index in [9.17, 15) is 22.0 Å². The van der Waals surface area contributed by atoms with Gasteiger partial charge in [0.05, 0.1) is 5.69 Å². The highest BCUT2D eigenvalue weighted by Gasteiger charge is 2.24. The molecule has 0 radical (unpaired) electrons. The minimum atomic E-state index is -4.04. The Morgan fingerprint density at radius 2 is 2.10 bits per heavy atom. The van der Waals surface area contributed by atoms with E-state index in [1.165, 1.54) is 6.92 Å². The first-order chi connectivity index (χ1) is 9.78. The monoisotopic (exact) mass is 316 g/mol. The third-order valence-electron chi connectivity index (χ3n) is 2.38. The van der Waals surface area contributed by atoms with Gasteiger partial charge in [-0.3, -0.25) is 9.89 Å². The summed E-state index contributed by atoms with van der Waals surface area (Å²) < 4.78 is 49.7. The molecule has 0 spiro atoms. The van der Waals surface area contributed by atoms with Crippen LogP contribution < -0.4 is 5.32 Å². The molecule has 0 bridgehead atoms. The third kappa shape index (κ3) is 3.60. The fourth-order valence-electron chi connectivity index (χ4n) is 1.48. The van der Waals surface area contributed by atoms with Crippen molar-refractivity contribution in [1.29, 1.82) is 0 Å². The summed E-state index contributed by atoms with van der Waals surface area (Å²) in [4.78, 5) is 15.2. The van der Waals surface area contributed by atoms with Crippen molar-refractivity contribution in [2.24, 2.45) is 0 Å². The number of aryl methyl sites for hydroxylation is 1. The van der Waals surface area contributed by atoms with Crippen molar-refractivity contribution in [1.82, 2.24) is 15.2 Å². The summed E-state index contributed by atoms with van der Waals surface area (Å²) in [6, 6.07) is 2.50. The molecule has 1 aromatic heterocycles. The Morgan fingerprint density at radius 1 is 1.38 bits per heavy atom. The van der Waals surface area contributed by atoms with Crippen LogP contribution in [-0.2, 0) is 14.6 Å². The number of hydrogen-bond acceptors (Lipinski definition) is 5. The van der Waals surface area contributed by atoms with Crippen molar-refractivity contribution in [3.05, 3.63) is 35.7 Å². The maximum absolute atomic E-state index is 13.3. The first-order valence-electron chi connectivity index (χ1n) is 5.64. The summed E-state index contributed by atoms with van der Waals surface area (Å²) in [6.07, 6.45) is 0. The smallest absolute Gasteiger partial charge is 0.267 e. The first kappa shape index (κ1) is 15.0. The average Bonchev–Trinajstić information content (AvgIpc) is 2.80. The van der Waals surface area contributed by atoms with E-state index in [2.05, 4.69) is 15.2 Å². The van der Waals surface area contributed by atoms with Crippen LogP contribution >= 0.6 is 0 Å². The quantitative estimate of drug-likeness (QED) is 0.868. The molecule has 7 nitrogen and oxygen atoms in total. The standard InChI is InChI=1S/C11H10F2N4O3S/c1-6-14-11(17-16-6)21(19,20)5-10(18)15-9-3-2-7(12)4-8(9)13/h2-4H,5H2,1H3,(H,15,18)(H,14,16,17). The Morgan fingerprint density at radius 3 is 2.67 bits per heavy atom. The normalized spacial score (nSPS) is 11.4. The first-order valence-corrected chi connectivity index (χ1v) is 7.30. The van der Waals surface area contributed by atoms with Gasteiger partial charge in [-0.15, -0.1) is 5.10 Å². The van der Waals surface area contributed by atoms with Gasteiger partial charge in [-0.1, -0.05) is 0 Å². The number of amides is 1. The molecular formula is C11H10F2N4O3S. The Labute approximate surface area is 118 Å². The van der Waals surface area contributed by atoms with Gasteiger partial charge >= 0.3 is 0 Å². The molecule has 2 N–H and O–H groups in total. The van der Waals surface area contributed by atoms with E-state index in [1.54, 1.807) is 0 Å². The third-order valence-corrected chi connectivity index (χ3v) is 3.76. The number of aromatic nitrogens is 3. The summed E-state index contributed by atoms with van der Waals surface area (Å²) in [5.41, 5.74) is -0.317. The predicted molar refractivity (Wildman–Crippen MR) is 68.2 cm³/mol. The van der Waals surface area contributed by atoms with Gasteiger partial charge in [-0.2, -0.15) is 0 Å². The molecule has 1 heterocycles. The minimum absolute atomic E-state index is 0.276. The van der Waals surface area contributed by atoms with Gasteiger partial charge < -0.3 is 5.32 Å².